The number of rotatable bonds is 26. The summed E-state index contributed by atoms with van der Waals surface area (Å²) in [5.41, 5.74) is 11.3. The van der Waals surface area contributed by atoms with Crippen molar-refractivity contribution in [3.63, 3.8) is 0 Å². The Morgan fingerprint density at radius 1 is 0.412 bits per heavy atom. The Balaban J connectivity index is 0.000000142. The standard InChI is InChI=1S/2C31H30Cl2N2O5.C23H18Cl2N2O3.C9H16O2.2C8H16O.3CO2/c2*32-24-2-1-3-25(33)27(24)28-22(29(40-34-28)19-6-7-19)16-38-21-10-11-26-23(14-21)31(12-13-31)30(37)35(26)15-18-4-8-20(9-5-18)39-17-36;24-16-2-1-3-17(25)19(16)20-14(21(30-27-20)12-4-5-12)11-29-13-6-7-18-15(10-13)23(8-9-23)22(28)26-18;1-7-3-5-8(6-4-7)9(10)11-2;2*1-7-2-4-8(6-9)5-3-7;3*2-1-3/h2*1-3,10-11,14,17-20H,4-9,12-13,15-16H2;1-3,6-7,10,12H,4-5,8-9,11H2,(H,26,28);7-8H,3-6H2,1-2H3;2*7-9H,2-6H2,1H3;;;. The minimum atomic E-state index is -0.418. The lowest BCUT2D eigenvalue weighted by Crippen LogP contribution is -2.37. The minimum absolute atomic E-state index is 0.00473. The summed E-state index contributed by atoms with van der Waals surface area (Å²) in [4.78, 5) is 125. The van der Waals surface area contributed by atoms with Crippen molar-refractivity contribution in [2.75, 3.05) is 48.5 Å². The van der Waals surface area contributed by atoms with Gasteiger partial charge in [0.05, 0.1) is 76.1 Å². The molecule has 29 nitrogen and oxygen atoms in total. The van der Waals surface area contributed by atoms with E-state index in [1.54, 1.807) is 42.5 Å². The molecule has 0 radical (unpaired) electrons. The number of aromatic nitrogens is 3. The van der Waals surface area contributed by atoms with Gasteiger partial charge in [-0.25, -0.2) is 0 Å². The molecule has 35 heteroatoms. The van der Waals surface area contributed by atoms with Crippen molar-refractivity contribution in [1.29, 1.82) is 0 Å². The monoisotopic (exact) mass is 2140 g/mol. The van der Waals surface area contributed by atoms with Gasteiger partial charge in [-0.15, -0.1) is 0 Å². The zero-order chi connectivity index (χ0) is 105. The summed E-state index contributed by atoms with van der Waals surface area (Å²) in [6.07, 6.45) is 34.3. The van der Waals surface area contributed by atoms with Crippen LogP contribution in [0.15, 0.2) is 123 Å². The molecule has 23 rings (SSSR count). The predicted octanol–water partition coefficient (Wildman–Crippen LogP) is 24.4. The molecule has 11 saturated carbocycles. The van der Waals surface area contributed by atoms with E-state index in [9.17, 15) is 28.8 Å². The first-order valence-corrected chi connectivity index (χ1v) is 54.0. The van der Waals surface area contributed by atoms with Crippen molar-refractivity contribution in [3.8, 4) is 51.0 Å². The second-order valence-corrected chi connectivity index (χ2v) is 44.2. The van der Waals surface area contributed by atoms with E-state index in [1.165, 1.54) is 71.3 Å². The van der Waals surface area contributed by atoms with Crippen LogP contribution < -0.4 is 29.3 Å². The van der Waals surface area contributed by atoms with Crippen LogP contribution in [0.3, 0.4) is 0 Å². The molecule has 9 aromatic rings. The quantitative estimate of drug-likeness (QED) is 0.0257. The average Bonchev–Trinajstić information content (AvgIpc) is 1.55. The fraction of sp³-hybridized carbons (Fsp3) is 0.522. The fourth-order valence-corrected chi connectivity index (χ4v) is 23.7. The minimum Gasteiger partial charge on any atom is -0.489 e. The topological polar surface area (TPSA) is 397 Å². The van der Waals surface area contributed by atoms with Crippen LogP contribution in [0, 0.1) is 47.3 Å². The van der Waals surface area contributed by atoms with Crippen LogP contribution in [0.1, 0.15) is 295 Å². The highest BCUT2D eigenvalue weighted by Crippen LogP contribution is 2.62. The average molecular weight is 2150 g/mol. The molecule has 0 saturated heterocycles. The Kier molecular flexibility index (Phi) is 38.4. The van der Waals surface area contributed by atoms with E-state index >= 15 is 0 Å². The molecule has 3 aromatic heterocycles. The number of hydrogen-bond donors (Lipinski definition) is 3. The Bertz CT molecular complexity index is 5900. The Morgan fingerprint density at radius 2 is 0.709 bits per heavy atom. The number of fused-ring (bicyclic) bond motifs is 6. The lowest BCUT2D eigenvalue weighted by molar-refractivity contribution is -0.193. The molecule has 148 heavy (non-hydrogen) atoms. The molecule has 14 aliphatic rings. The molecular formula is C113H126Cl6N6O23. The van der Waals surface area contributed by atoms with E-state index in [0.29, 0.717) is 163 Å². The zero-order valence-electron chi connectivity index (χ0n) is 83.6. The predicted molar refractivity (Wildman–Crippen MR) is 551 cm³/mol. The molecule has 0 bridgehead atoms. The van der Waals surface area contributed by atoms with Gasteiger partial charge in [0.1, 0.15) is 83.6 Å². The summed E-state index contributed by atoms with van der Waals surface area (Å²) in [6.45, 7) is 11.0. The molecule has 3 aliphatic heterocycles. The number of nitrogens with one attached hydrogen (secondary N) is 1. The molecule has 0 unspecified atom stereocenters. The van der Waals surface area contributed by atoms with Crippen molar-refractivity contribution in [2.45, 2.75) is 292 Å². The number of esters is 1. The third kappa shape index (κ3) is 26.6. The molecule has 3 amide bonds. The number of benzene rings is 6. The van der Waals surface area contributed by atoms with Crippen molar-refractivity contribution in [3.05, 3.63) is 190 Å². The van der Waals surface area contributed by atoms with Gasteiger partial charge in [-0.05, 0) is 329 Å². The second kappa shape index (κ2) is 51.2. The largest absolute Gasteiger partial charge is 0.489 e. The summed E-state index contributed by atoms with van der Waals surface area (Å²) in [5, 5.41) is 36.7. The lowest BCUT2D eigenvalue weighted by atomic mass is 9.83. The van der Waals surface area contributed by atoms with Gasteiger partial charge in [0.2, 0.25) is 17.7 Å². The van der Waals surface area contributed by atoms with Crippen molar-refractivity contribution in [2.24, 2.45) is 47.3 Å². The normalized spacial score (nSPS) is 23.0. The highest BCUT2D eigenvalue weighted by molar-refractivity contribution is 6.40. The van der Waals surface area contributed by atoms with Crippen molar-refractivity contribution < 1.29 is 110 Å². The zero-order valence-corrected chi connectivity index (χ0v) is 88.1. The summed E-state index contributed by atoms with van der Waals surface area (Å²) in [5.74, 6) is 11.0. The van der Waals surface area contributed by atoms with E-state index in [1.807, 2.05) is 76.5 Å². The van der Waals surface area contributed by atoms with Gasteiger partial charge in [-0.2, -0.15) is 28.8 Å². The van der Waals surface area contributed by atoms with Gasteiger partial charge in [-0.3, -0.25) is 28.8 Å². The van der Waals surface area contributed by atoms with E-state index in [-0.39, 0.29) is 78.9 Å². The summed E-state index contributed by atoms with van der Waals surface area (Å²) in [7, 11) is 1.47. The maximum absolute atomic E-state index is 13.6. The van der Waals surface area contributed by atoms with Crippen LogP contribution in [0.5, 0.6) is 17.2 Å². The number of methoxy groups -OCH3 is 1. The van der Waals surface area contributed by atoms with Crippen LogP contribution in [0.2, 0.25) is 30.1 Å². The Labute approximate surface area is 890 Å². The first-order valence-electron chi connectivity index (χ1n) is 51.7. The first kappa shape index (κ1) is 111. The van der Waals surface area contributed by atoms with Gasteiger partial charge in [0.15, 0.2) is 0 Å². The Morgan fingerprint density at radius 3 is 1.00 bits per heavy atom. The first-order chi connectivity index (χ1) is 71.7. The SMILES string of the molecule is CC1CCC(CO)CC1.CC1CCC(CO)CC1.COC(=O)C1CCC(C)CC1.O=C1Nc2ccc(OCc3c(-c4c(Cl)cccc4Cl)noc3C3CC3)cc2C12CC2.O=C=O.O=C=O.O=C=O.O=COC1CCC(CN2C(=O)C3(CC3)c3cc(OCc4c(-c5c(Cl)cccc5Cl)noc4C4CC4)ccc32)CC1.O=COC1CCC(CN2C(=O)C3(CC3)c3cc(OCc4c(-c5c(Cl)cccc5Cl)noc4C4CC4)ccc32)CC1. The smallest absolute Gasteiger partial charge is 0.373 e. The number of ether oxygens (including phenoxy) is 6. The fourth-order valence-electron chi connectivity index (χ4n) is 22.0. The van der Waals surface area contributed by atoms with Crippen LogP contribution in [-0.2, 0) is 108 Å². The number of carbonyl (C=O) groups excluding carboxylic acids is 12. The third-order valence-electron chi connectivity index (χ3n) is 31.6. The second-order valence-electron chi connectivity index (χ2n) is 41.8. The van der Waals surface area contributed by atoms with Gasteiger partial charge < -0.3 is 67.3 Å². The number of carbonyl (C=O) groups is 6. The van der Waals surface area contributed by atoms with Gasteiger partial charge in [0, 0.05) is 77.8 Å². The highest BCUT2D eigenvalue weighted by Gasteiger charge is 2.61. The Hall–Kier alpha value is -11.0. The third-order valence-corrected chi connectivity index (χ3v) is 33.5. The molecule has 6 heterocycles. The molecule has 788 valence electrons. The number of aliphatic hydroxyl groups excluding tert-OH is 2. The molecule has 3 spiro atoms. The number of nitrogens with zero attached hydrogens (tertiary/aromatic N) is 5. The molecule has 0 atom stereocenters. The number of amides is 3. The van der Waals surface area contributed by atoms with Crippen molar-refractivity contribution >= 4 is 142 Å². The number of anilines is 3. The van der Waals surface area contributed by atoms with Crippen LogP contribution in [-0.4, -0.2) is 126 Å². The van der Waals surface area contributed by atoms with Crippen LogP contribution >= 0.6 is 69.6 Å². The van der Waals surface area contributed by atoms with Crippen LogP contribution in [0.4, 0.5) is 17.1 Å². The number of halogens is 6. The summed E-state index contributed by atoms with van der Waals surface area (Å²) < 4.78 is 51.1. The molecule has 3 N–H and O–H groups in total. The lowest BCUT2D eigenvalue weighted by Gasteiger charge is -2.30. The van der Waals surface area contributed by atoms with Gasteiger partial charge in [0.25, 0.3) is 12.9 Å². The van der Waals surface area contributed by atoms with E-state index < -0.39 is 10.8 Å². The van der Waals surface area contributed by atoms with Gasteiger partial charge in [-0.1, -0.05) is 150 Å². The van der Waals surface area contributed by atoms with E-state index in [0.717, 1.165) is 232 Å². The van der Waals surface area contributed by atoms with Crippen molar-refractivity contribution in [1.82, 2.24) is 15.5 Å². The summed E-state index contributed by atoms with van der Waals surface area (Å²) >= 11 is 38.9. The maximum atomic E-state index is 13.6. The molecule has 11 fully saturated rings. The van der Waals surface area contributed by atoms with Crippen LogP contribution in [0.25, 0.3) is 33.8 Å². The molecular weight excluding hydrogens is 2020 g/mol. The summed E-state index contributed by atoms with van der Waals surface area (Å²) in [6, 6.07) is 34.0. The number of aliphatic hydroxyl groups is 2. The van der Waals surface area contributed by atoms with Gasteiger partial charge >= 0.3 is 24.4 Å². The number of hydrogen-bond acceptors (Lipinski definition) is 26. The maximum Gasteiger partial charge on any atom is 0.373 e. The molecule has 11 aliphatic carbocycles. The van der Waals surface area contributed by atoms with E-state index in [2.05, 4.69) is 46.3 Å². The van der Waals surface area contributed by atoms with E-state index in [4.69, 9.17) is 146 Å². The molecule has 6 aromatic carbocycles. The highest BCUT2D eigenvalue weighted by atomic mass is 35.5.